The van der Waals surface area contributed by atoms with Gasteiger partial charge in [-0.25, -0.2) is 4.79 Å². The summed E-state index contributed by atoms with van der Waals surface area (Å²) in [5.41, 5.74) is 2.54. The van der Waals surface area contributed by atoms with Crippen LogP contribution in [0.2, 0.25) is 0 Å². The normalized spacial score (nSPS) is 32.9. The van der Waals surface area contributed by atoms with Crippen LogP contribution < -0.4 is 4.74 Å². The van der Waals surface area contributed by atoms with E-state index in [9.17, 15) is 15.0 Å². The second-order valence-electron chi connectivity index (χ2n) is 6.05. The summed E-state index contributed by atoms with van der Waals surface area (Å²) in [6, 6.07) is 1.42. The summed E-state index contributed by atoms with van der Waals surface area (Å²) in [7, 11) is 1.18. The van der Waals surface area contributed by atoms with Gasteiger partial charge in [-0.2, -0.15) is 0 Å². The van der Waals surface area contributed by atoms with Crippen molar-refractivity contribution in [2.24, 2.45) is 0 Å². The average Bonchev–Trinajstić information content (AvgIpc) is 2.46. The van der Waals surface area contributed by atoms with Gasteiger partial charge in [0.15, 0.2) is 0 Å². The Balaban J connectivity index is 2.19. The van der Waals surface area contributed by atoms with E-state index in [0.29, 0.717) is 0 Å². The van der Waals surface area contributed by atoms with Crippen molar-refractivity contribution in [3.05, 3.63) is 22.8 Å². The highest BCUT2D eigenvalue weighted by Gasteiger charge is 2.51. The highest BCUT2D eigenvalue weighted by molar-refractivity contribution is 5.79. The van der Waals surface area contributed by atoms with Gasteiger partial charge in [-0.05, 0) is 25.0 Å². The lowest BCUT2D eigenvalue weighted by molar-refractivity contribution is -0.217. The number of rotatable bonds is 1. The molecule has 0 radical (unpaired) electrons. The molecule has 0 bridgehead atoms. The molecule has 6 nitrogen and oxygen atoms in total. The second-order valence-corrected chi connectivity index (χ2v) is 6.05. The van der Waals surface area contributed by atoms with Crippen molar-refractivity contribution in [1.82, 2.24) is 0 Å². The van der Waals surface area contributed by atoms with Crippen LogP contribution in [0.15, 0.2) is 6.07 Å². The zero-order valence-corrected chi connectivity index (χ0v) is 13.0. The SMILES string of the molecule is COC(=O)[C@@]1(O)C[C@H]2O[C@H](C)[C@@H](C)c3c(C)c(O)cc(c32)O1. The number of methoxy groups -OCH3 is 1. The standard InChI is InChI=1S/C16H20O6/c1-7-9(3)21-12-6-16(19,15(18)20-4)22-11-5-10(17)8(2)13(7)14(11)12/h5,7,9,12,17,19H,6H2,1-4H3/t7-,9-,12-,16-/m1/s1. The summed E-state index contributed by atoms with van der Waals surface area (Å²) in [6.45, 7) is 5.80. The molecule has 3 rings (SSSR count). The van der Waals surface area contributed by atoms with E-state index in [1.807, 2.05) is 20.8 Å². The molecule has 2 aliphatic heterocycles. The van der Waals surface area contributed by atoms with E-state index >= 15 is 0 Å². The number of aliphatic hydroxyl groups is 1. The third kappa shape index (κ3) is 1.98. The van der Waals surface area contributed by atoms with Gasteiger partial charge in [0.25, 0.3) is 0 Å². The zero-order chi connectivity index (χ0) is 16.2. The summed E-state index contributed by atoms with van der Waals surface area (Å²) < 4.78 is 16.1. The highest BCUT2D eigenvalue weighted by atomic mass is 16.7. The lowest BCUT2D eigenvalue weighted by Gasteiger charge is -2.43. The van der Waals surface area contributed by atoms with Gasteiger partial charge in [0.1, 0.15) is 11.5 Å². The van der Waals surface area contributed by atoms with Gasteiger partial charge in [-0.3, -0.25) is 0 Å². The lowest BCUT2D eigenvalue weighted by atomic mass is 9.80. The van der Waals surface area contributed by atoms with Gasteiger partial charge >= 0.3 is 11.8 Å². The summed E-state index contributed by atoms with van der Waals surface area (Å²) in [5, 5.41) is 20.6. The second kappa shape index (κ2) is 4.86. The first-order chi connectivity index (χ1) is 10.3. The Bertz CT molecular complexity index is 640. The fourth-order valence-corrected chi connectivity index (χ4v) is 3.38. The van der Waals surface area contributed by atoms with Gasteiger partial charge in [0.2, 0.25) is 0 Å². The Labute approximate surface area is 128 Å². The fraction of sp³-hybridized carbons (Fsp3) is 0.562. The molecule has 0 aromatic heterocycles. The number of benzene rings is 1. The Morgan fingerprint density at radius 3 is 2.73 bits per heavy atom. The van der Waals surface area contributed by atoms with Crippen molar-refractivity contribution in [1.29, 1.82) is 0 Å². The minimum Gasteiger partial charge on any atom is -0.508 e. The Morgan fingerprint density at radius 1 is 1.41 bits per heavy atom. The largest absolute Gasteiger partial charge is 0.508 e. The van der Waals surface area contributed by atoms with Crippen molar-refractivity contribution < 1.29 is 29.2 Å². The minimum absolute atomic E-state index is 0.0407. The van der Waals surface area contributed by atoms with E-state index in [-0.39, 0.29) is 29.9 Å². The minimum atomic E-state index is -2.11. The van der Waals surface area contributed by atoms with Crippen molar-refractivity contribution in [2.45, 2.75) is 51.1 Å². The molecule has 2 heterocycles. The van der Waals surface area contributed by atoms with Crippen LogP contribution in [0.3, 0.4) is 0 Å². The van der Waals surface area contributed by atoms with Gasteiger partial charge in [-0.1, -0.05) is 6.92 Å². The maximum atomic E-state index is 11.8. The van der Waals surface area contributed by atoms with Crippen LogP contribution in [0.4, 0.5) is 0 Å². The lowest BCUT2D eigenvalue weighted by Crippen LogP contribution is -2.50. The molecule has 6 heteroatoms. The number of carbonyl (C=O) groups is 1. The quantitative estimate of drug-likeness (QED) is 0.771. The van der Waals surface area contributed by atoms with Crippen LogP contribution in [0.25, 0.3) is 0 Å². The number of hydrogen-bond donors (Lipinski definition) is 2. The van der Waals surface area contributed by atoms with Gasteiger partial charge < -0.3 is 24.4 Å². The fourth-order valence-electron chi connectivity index (χ4n) is 3.38. The van der Waals surface area contributed by atoms with Crippen molar-refractivity contribution in [3.8, 4) is 11.5 Å². The van der Waals surface area contributed by atoms with E-state index in [2.05, 4.69) is 4.74 Å². The maximum Gasteiger partial charge on any atom is 0.379 e. The molecule has 0 amide bonds. The average molecular weight is 308 g/mol. The number of esters is 1. The first kappa shape index (κ1) is 15.1. The molecule has 4 atom stereocenters. The third-order valence-electron chi connectivity index (χ3n) is 4.72. The van der Waals surface area contributed by atoms with Crippen molar-refractivity contribution in [3.63, 3.8) is 0 Å². The molecular weight excluding hydrogens is 288 g/mol. The number of aromatic hydroxyl groups is 1. The highest BCUT2D eigenvalue weighted by Crippen LogP contribution is 2.52. The van der Waals surface area contributed by atoms with E-state index in [1.54, 1.807) is 0 Å². The topological polar surface area (TPSA) is 85.2 Å². The number of carbonyl (C=O) groups excluding carboxylic acids is 1. The molecule has 1 aromatic rings. The van der Waals surface area contributed by atoms with E-state index < -0.39 is 17.9 Å². The maximum absolute atomic E-state index is 11.8. The van der Waals surface area contributed by atoms with Crippen molar-refractivity contribution >= 4 is 5.97 Å². The first-order valence-electron chi connectivity index (χ1n) is 7.30. The van der Waals surface area contributed by atoms with Crippen LogP contribution >= 0.6 is 0 Å². The molecule has 2 aliphatic rings. The predicted octanol–water partition coefficient (Wildman–Crippen LogP) is 1.91. The summed E-state index contributed by atoms with van der Waals surface area (Å²) >= 11 is 0. The first-order valence-corrected chi connectivity index (χ1v) is 7.30. The van der Waals surface area contributed by atoms with Gasteiger partial charge in [0.05, 0.1) is 25.7 Å². The molecular formula is C16H20O6. The molecule has 0 fully saturated rings. The Kier molecular flexibility index (Phi) is 3.34. The zero-order valence-electron chi connectivity index (χ0n) is 13.0. The third-order valence-corrected chi connectivity index (χ3v) is 4.72. The van der Waals surface area contributed by atoms with E-state index in [4.69, 9.17) is 9.47 Å². The molecule has 1 aromatic carbocycles. The van der Waals surface area contributed by atoms with E-state index in [0.717, 1.165) is 16.7 Å². The Morgan fingerprint density at radius 2 is 2.09 bits per heavy atom. The summed E-state index contributed by atoms with van der Waals surface area (Å²) in [6.07, 6.45) is -0.625. The van der Waals surface area contributed by atoms with Crippen LogP contribution in [0, 0.1) is 6.92 Å². The monoisotopic (exact) mass is 308 g/mol. The number of phenols is 1. The van der Waals surface area contributed by atoms with Crippen molar-refractivity contribution in [2.75, 3.05) is 7.11 Å². The molecule has 0 unspecified atom stereocenters. The number of hydrogen-bond acceptors (Lipinski definition) is 6. The molecule has 2 N–H and O–H groups in total. The van der Waals surface area contributed by atoms with Crippen LogP contribution in [-0.2, 0) is 14.3 Å². The number of phenolic OH excluding ortho intramolecular Hbond substituents is 1. The predicted molar refractivity (Wildman–Crippen MR) is 76.8 cm³/mol. The van der Waals surface area contributed by atoms with E-state index in [1.165, 1.54) is 13.2 Å². The molecule has 0 saturated carbocycles. The molecule has 0 spiro atoms. The number of ether oxygens (including phenoxy) is 3. The van der Waals surface area contributed by atoms with Crippen LogP contribution in [-0.4, -0.2) is 35.2 Å². The van der Waals surface area contributed by atoms with Gasteiger partial charge in [0, 0.05) is 17.5 Å². The Hall–Kier alpha value is -1.79. The van der Waals surface area contributed by atoms with Crippen LogP contribution in [0.5, 0.6) is 11.5 Å². The molecule has 0 saturated heterocycles. The summed E-state index contributed by atoms with van der Waals surface area (Å²) in [4.78, 5) is 11.8. The molecule has 0 aliphatic carbocycles. The molecule has 120 valence electrons. The summed E-state index contributed by atoms with van der Waals surface area (Å²) in [5.74, 6) is -2.57. The molecule has 22 heavy (non-hydrogen) atoms. The smallest absolute Gasteiger partial charge is 0.379 e. The van der Waals surface area contributed by atoms with Gasteiger partial charge in [-0.15, -0.1) is 0 Å². The van der Waals surface area contributed by atoms with Crippen LogP contribution in [0.1, 0.15) is 49.0 Å².